The van der Waals surface area contributed by atoms with Crippen LogP contribution in [0.3, 0.4) is 0 Å². The summed E-state index contributed by atoms with van der Waals surface area (Å²) in [6, 6.07) is 13.1. The van der Waals surface area contributed by atoms with Crippen molar-refractivity contribution in [3.63, 3.8) is 0 Å². The summed E-state index contributed by atoms with van der Waals surface area (Å²) < 4.78 is 26.6. The molecule has 0 aliphatic rings. The Bertz CT molecular complexity index is 669. The Hall–Kier alpha value is -1.56. The predicted octanol–water partition coefficient (Wildman–Crippen LogP) is 2.40. The molecule has 2 aromatic rings. The Morgan fingerprint density at radius 3 is 2.32 bits per heavy atom. The number of nitrogens with one attached hydrogen (secondary N) is 1. The molecule has 0 saturated heterocycles. The van der Waals surface area contributed by atoms with E-state index in [0.717, 1.165) is 5.56 Å². The molecule has 19 heavy (non-hydrogen) atoms. The second-order valence-corrected chi connectivity index (χ2v) is 6.18. The van der Waals surface area contributed by atoms with Crippen LogP contribution in [0.4, 0.5) is 5.69 Å². The van der Waals surface area contributed by atoms with Gasteiger partial charge in [0.1, 0.15) is 0 Å². The van der Waals surface area contributed by atoms with E-state index in [1.807, 2.05) is 6.07 Å². The molecule has 100 valence electrons. The van der Waals surface area contributed by atoms with Crippen molar-refractivity contribution < 1.29 is 8.42 Å². The van der Waals surface area contributed by atoms with Gasteiger partial charge < -0.3 is 5.73 Å². The first-order chi connectivity index (χ1) is 8.99. The molecule has 0 fully saturated rings. The van der Waals surface area contributed by atoms with Crippen LogP contribution in [0.5, 0.6) is 0 Å². The molecule has 3 N–H and O–H groups in total. The van der Waals surface area contributed by atoms with Gasteiger partial charge in [0, 0.05) is 17.3 Å². The van der Waals surface area contributed by atoms with Gasteiger partial charge in [0.15, 0.2) is 0 Å². The Kier molecular flexibility index (Phi) is 4.09. The van der Waals surface area contributed by atoms with Crippen LogP contribution >= 0.6 is 11.6 Å². The molecule has 0 aliphatic heterocycles. The van der Waals surface area contributed by atoms with Crippen molar-refractivity contribution in [2.75, 3.05) is 5.73 Å². The molecule has 0 aliphatic carbocycles. The van der Waals surface area contributed by atoms with Gasteiger partial charge in [-0.3, -0.25) is 0 Å². The third-order valence-corrected chi connectivity index (χ3v) is 4.30. The Morgan fingerprint density at radius 2 is 1.68 bits per heavy atom. The predicted molar refractivity (Wildman–Crippen MR) is 76.3 cm³/mol. The monoisotopic (exact) mass is 296 g/mol. The highest BCUT2D eigenvalue weighted by Crippen LogP contribution is 2.15. The Labute approximate surface area is 117 Å². The number of anilines is 1. The number of benzene rings is 2. The minimum Gasteiger partial charge on any atom is -0.398 e. The number of nitrogens with two attached hydrogens (primary N) is 1. The molecule has 0 atom stereocenters. The van der Waals surface area contributed by atoms with Crippen molar-refractivity contribution in [2.24, 2.45) is 0 Å². The molecule has 0 spiro atoms. The zero-order valence-electron chi connectivity index (χ0n) is 10.0. The largest absolute Gasteiger partial charge is 0.398 e. The van der Waals surface area contributed by atoms with Gasteiger partial charge in [-0.1, -0.05) is 29.8 Å². The first-order valence-electron chi connectivity index (χ1n) is 5.58. The van der Waals surface area contributed by atoms with E-state index < -0.39 is 10.0 Å². The van der Waals surface area contributed by atoms with Crippen LogP contribution in [-0.2, 0) is 16.6 Å². The standard InChI is InChI=1S/C13H13ClN2O2S/c14-11-5-7-12(8-6-11)19(17,18)16-9-10-3-1-2-4-13(10)15/h1-8,16H,9,15H2. The van der Waals surface area contributed by atoms with Gasteiger partial charge >= 0.3 is 0 Å². The molecule has 0 saturated carbocycles. The fraction of sp³-hybridized carbons (Fsp3) is 0.0769. The van der Waals surface area contributed by atoms with Crippen molar-refractivity contribution in [3.8, 4) is 0 Å². The molecular weight excluding hydrogens is 284 g/mol. The Balaban J connectivity index is 2.14. The highest BCUT2D eigenvalue weighted by Gasteiger charge is 2.13. The lowest BCUT2D eigenvalue weighted by Crippen LogP contribution is -2.23. The van der Waals surface area contributed by atoms with E-state index >= 15 is 0 Å². The normalized spacial score (nSPS) is 11.4. The van der Waals surface area contributed by atoms with Gasteiger partial charge in [0.05, 0.1) is 4.90 Å². The molecule has 0 unspecified atom stereocenters. The first kappa shape index (κ1) is 13.9. The van der Waals surface area contributed by atoms with E-state index in [-0.39, 0.29) is 11.4 Å². The third-order valence-electron chi connectivity index (χ3n) is 2.63. The average molecular weight is 297 g/mol. The topological polar surface area (TPSA) is 72.2 Å². The van der Waals surface area contributed by atoms with Crippen molar-refractivity contribution in [1.82, 2.24) is 4.72 Å². The first-order valence-corrected chi connectivity index (χ1v) is 7.44. The van der Waals surface area contributed by atoms with Crippen LogP contribution in [-0.4, -0.2) is 8.42 Å². The SMILES string of the molecule is Nc1ccccc1CNS(=O)(=O)c1ccc(Cl)cc1. The van der Waals surface area contributed by atoms with E-state index in [2.05, 4.69) is 4.72 Å². The number of rotatable bonds is 4. The lowest BCUT2D eigenvalue weighted by atomic mass is 10.2. The molecule has 0 bridgehead atoms. The van der Waals surface area contributed by atoms with Gasteiger partial charge in [0.25, 0.3) is 0 Å². The number of hydrogen-bond acceptors (Lipinski definition) is 3. The summed E-state index contributed by atoms with van der Waals surface area (Å²) >= 11 is 5.72. The van der Waals surface area contributed by atoms with Crippen molar-refractivity contribution in [2.45, 2.75) is 11.4 Å². The van der Waals surface area contributed by atoms with Gasteiger partial charge in [0.2, 0.25) is 10.0 Å². The third kappa shape index (κ3) is 3.47. The molecule has 2 aromatic carbocycles. The van der Waals surface area contributed by atoms with E-state index in [9.17, 15) is 8.42 Å². The fourth-order valence-electron chi connectivity index (χ4n) is 1.57. The number of halogens is 1. The molecule has 4 nitrogen and oxygen atoms in total. The zero-order valence-corrected chi connectivity index (χ0v) is 11.6. The summed E-state index contributed by atoms with van der Waals surface area (Å²) in [5.74, 6) is 0. The summed E-state index contributed by atoms with van der Waals surface area (Å²) in [6.45, 7) is 0.150. The molecule has 2 rings (SSSR count). The van der Waals surface area contributed by atoms with Crippen molar-refractivity contribution in [1.29, 1.82) is 0 Å². The number of nitrogen functional groups attached to an aromatic ring is 1. The van der Waals surface area contributed by atoms with Gasteiger partial charge in [-0.25, -0.2) is 13.1 Å². The highest BCUT2D eigenvalue weighted by molar-refractivity contribution is 7.89. The van der Waals surface area contributed by atoms with E-state index in [1.54, 1.807) is 18.2 Å². The van der Waals surface area contributed by atoms with Crippen LogP contribution in [0.15, 0.2) is 53.4 Å². The maximum atomic E-state index is 12.0. The molecule has 0 aromatic heterocycles. The fourth-order valence-corrected chi connectivity index (χ4v) is 2.70. The summed E-state index contributed by atoms with van der Waals surface area (Å²) in [5.41, 5.74) is 7.05. The molecule has 0 amide bonds. The summed E-state index contributed by atoms with van der Waals surface area (Å²) in [4.78, 5) is 0.173. The van der Waals surface area contributed by atoms with Gasteiger partial charge in [-0.2, -0.15) is 0 Å². The lowest BCUT2D eigenvalue weighted by Gasteiger charge is -2.08. The van der Waals surface area contributed by atoms with Crippen molar-refractivity contribution >= 4 is 27.3 Å². The van der Waals surface area contributed by atoms with Crippen LogP contribution in [0.25, 0.3) is 0 Å². The molecule has 0 heterocycles. The van der Waals surface area contributed by atoms with Gasteiger partial charge in [-0.05, 0) is 35.9 Å². The second-order valence-electron chi connectivity index (χ2n) is 3.98. The van der Waals surface area contributed by atoms with Gasteiger partial charge in [-0.15, -0.1) is 0 Å². The smallest absolute Gasteiger partial charge is 0.240 e. The van der Waals surface area contributed by atoms with E-state index in [4.69, 9.17) is 17.3 Å². The molecule has 6 heteroatoms. The zero-order chi connectivity index (χ0) is 13.9. The van der Waals surface area contributed by atoms with E-state index in [0.29, 0.717) is 10.7 Å². The summed E-state index contributed by atoms with van der Waals surface area (Å²) in [6.07, 6.45) is 0. The second kappa shape index (κ2) is 5.61. The van der Waals surface area contributed by atoms with Crippen LogP contribution in [0.2, 0.25) is 5.02 Å². The maximum Gasteiger partial charge on any atom is 0.240 e. The van der Waals surface area contributed by atoms with Crippen LogP contribution in [0.1, 0.15) is 5.56 Å². The van der Waals surface area contributed by atoms with Crippen molar-refractivity contribution in [3.05, 3.63) is 59.1 Å². The average Bonchev–Trinajstić information content (AvgIpc) is 2.38. The number of para-hydroxylation sites is 1. The summed E-state index contributed by atoms with van der Waals surface area (Å²) in [5, 5.41) is 0.492. The molecular formula is C13H13ClN2O2S. The lowest BCUT2D eigenvalue weighted by molar-refractivity contribution is 0.581. The van der Waals surface area contributed by atoms with Crippen LogP contribution < -0.4 is 10.5 Å². The quantitative estimate of drug-likeness (QED) is 0.851. The number of hydrogen-bond donors (Lipinski definition) is 2. The van der Waals surface area contributed by atoms with Crippen LogP contribution in [0, 0.1) is 0 Å². The van der Waals surface area contributed by atoms with E-state index in [1.165, 1.54) is 24.3 Å². The maximum absolute atomic E-state index is 12.0. The summed E-state index contributed by atoms with van der Waals surface area (Å²) in [7, 11) is -3.56. The minimum atomic E-state index is -3.56. The number of sulfonamides is 1. The highest BCUT2D eigenvalue weighted by atomic mass is 35.5. The Morgan fingerprint density at radius 1 is 1.05 bits per heavy atom. The minimum absolute atomic E-state index is 0.150. The molecule has 0 radical (unpaired) electrons.